The van der Waals surface area contributed by atoms with Gasteiger partial charge in [0, 0.05) is 32.4 Å². The van der Waals surface area contributed by atoms with Crippen molar-refractivity contribution in [1.29, 1.82) is 0 Å². The maximum Gasteiger partial charge on any atom is 0.409 e. The number of nitrogens with zero attached hydrogens (tertiary/aromatic N) is 4. The van der Waals surface area contributed by atoms with E-state index in [1.165, 1.54) is 19.5 Å². The molecule has 102 valence electrons. The van der Waals surface area contributed by atoms with E-state index in [1.54, 1.807) is 11.0 Å². The highest BCUT2D eigenvalue weighted by atomic mass is 16.6. The second-order valence-corrected chi connectivity index (χ2v) is 4.07. The molecule has 8 nitrogen and oxygen atoms in total. The lowest BCUT2D eigenvalue weighted by molar-refractivity contribution is -0.384. The van der Waals surface area contributed by atoms with Gasteiger partial charge in [0.1, 0.15) is 11.9 Å². The summed E-state index contributed by atoms with van der Waals surface area (Å²) in [4.78, 5) is 29.1. The highest BCUT2D eigenvalue weighted by Crippen LogP contribution is 2.27. The van der Waals surface area contributed by atoms with Crippen molar-refractivity contribution < 1.29 is 14.5 Å². The van der Waals surface area contributed by atoms with Gasteiger partial charge in [0.2, 0.25) is 0 Å². The van der Waals surface area contributed by atoms with Crippen LogP contribution >= 0.6 is 0 Å². The van der Waals surface area contributed by atoms with Gasteiger partial charge in [-0.3, -0.25) is 15.1 Å². The van der Waals surface area contributed by atoms with Crippen molar-refractivity contribution in [2.45, 2.75) is 0 Å². The highest BCUT2D eigenvalue weighted by Gasteiger charge is 2.25. The number of hydrogen-bond donors (Lipinski definition) is 0. The van der Waals surface area contributed by atoms with Gasteiger partial charge < -0.3 is 14.5 Å². The maximum atomic E-state index is 11.4. The standard InChI is InChI=1S/C11H14N4O4/c1-19-11(16)14-6-4-13(5-7-14)9-2-3-12-8-10(9)15(17)18/h2-3,8H,4-7H2,1H3. The molecule has 1 aliphatic rings. The summed E-state index contributed by atoms with van der Waals surface area (Å²) in [5, 5.41) is 10.9. The number of ether oxygens (including phenoxy) is 1. The first-order valence-corrected chi connectivity index (χ1v) is 5.79. The zero-order valence-electron chi connectivity index (χ0n) is 10.5. The number of anilines is 1. The summed E-state index contributed by atoms with van der Waals surface area (Å²) in [6.45, 7) is 2.01. The summed E-state index contributed by atoms with van der Waals surface area (Å²) >= 11 is 0. The number of methoxy groups -OCH3 is 1. The van der Waals surface area contributed by atoms with Gasteiger partial charge in [-0.2, -0.15) is 0 Å². The average Bonchev–Trinajstić information content (AvgIpc) is 2.46. The van der Waals surface area contributed by atoms with Gasteiger partial charge in [0.05, 0.1) is 12.0 Å². The molecular weight excluding hydrogens is 252 g/mol. The van der Waals surface area contributed by atoms with Crippen LogP contribution in [0.5, 0.6) is 0 Å². The molecule has 0 spiro atoms. The van der Waals surface area contributed by atoms with E-state index >= 15 is 0 Å². The lowest BCUT2D eigenvalue weighted by atomic mass is 10.2. The minimum absolute atomic E-state index is 0.0194. The first-order chi connectivity index (χ1) is 9.13. The number of rotatable bonds is 2. The van der Waals surface area contributed by atoms with E-state index in [-0.39, 0.29) is 11.8 Å². The number of nitro groups is 1. The van der Waals surface area contributed by atoms with E-state index in [0.717, 1.165) is 0 Å². The number of amides is 1. The first kappa shape index (κ1) is 13.1. The molecule has 2 rings (SSSR count). The number of aromatic nitrogens is 1. The number of pyridine rings is 1. The SMILES string of the molecule is COC(=O)N1CCN(c2ccncc2[N+](=O)[O-])CC1. The van der Waals surface area contributed by atoms with Crippen LogP contribution in [0.25, 0.3) is 0 Å². The predicted octanol–water partition coefficient (Wildman–Crippen LogP) is 0.878. The van der Waals surface area contributed by atoms with Crippen LogP contribution in [0.2, 0.25) is 0 Å². The van der Waals surface area contributed by atoms with Gasteiger partial charge in [0.15, 0.2) is 0 Å². The minimum Gasteiger partial charge on any atom is -0.453 e. The second-order valence-electron chi connectivity index (χ2n) is 4.07. The lowest BCUT2D eigenvalue weighted by Gasteiger charge is -2.34. The van der Waals surface area contributed by atoms with Crippen LogP contribution in [0.3, 0.4) is 0 Å². The summed E-state index contributed by atoms with van der Waals surface area (Å²) in [6.07, 6.45) is 2.39. The van der Waals surface area contributed by atoms with Gasteiger partial charge in [-0.05, 0) is 6.07 Å². The zero-order valence-corrected chi connectivity index (χ0v) is 10.5. The Morgan fingerprint density at radius 1 is 1.42 bits per heavy atom. The van der Waals surface area contributed by atoms with Crippen molar-refractivity contribution in [3.05, 3.63) is 28.6 Å². The molecule has 8 heteroatoms. The molecule has 19 heavy (non-hydrogen) atoms. The normalized spacial score (nSPS) is 15.2. The van der Waals surface area contributed by atoms with Crippen LogP contribution in [-0.4, -0.2) is 54.2 Å². The largest absolute Gasteiger partial charge is 0.453 e. The Labute approximate surface area is 109 Å². The number of hydrogen-bond acceptors (Lipinski definition) is 6. The minimum atomic E-state index is -0.449. The monoisotopic (exact) mass is 266 g/mol. The molecule has 0 aromatic carbocycles. The lowest BCUT2D eigenvalue weighted by Crippen LogP contribution is -2.48. The quantitative estimate of drug-likeness (QED) is 0.583. The Balaban J connectivity index is 2.10. The van der Waals surface area contributed by atoms with Crippen molar-refractivity contribution in [3.8, 4) is 0 Å². The van der Waals surface area contributed by atoms with E-state index in [2.05, 4.69) is 9.72 Å². The van der Waals surface area contributed by atoms with E-state index in [0.29, 0.717) is 31.9 Å². The molecule has 0 saturated carbocycles. The van der Waals surface area contributed by atoms with Gasteiger partial charge in [0.25, 0.3) is 0 Å². The molecular formula is C11H14N4O4. The molecule has 1 aromatic heterocycles. The maximum absolute atomic E-state index is 11.4. The molecule has 1 saturated heterocycles. The Bertz CT molecular complexity index is 485. The van der Waals surface area contributed by atoms with Crippen molar-refractivity contribution in [3.63, 3.8) is 0 Å². The summed E-state index contributed by atoms with van der Waals surface area (Å²) in [5.41, 5.74) is 0.513. The van der Waals surface area contributed by atoms with Gasteiger partial charge in [-0.1, -0.05) is 0 Å². The Kier molecular flexibility index (Phi) is 3.79. The molecule has 0 bridgehead atoms. The molecule has 0 radical (unpaired) electrons. The third-order valence-electron chi connectivity index (χ3n) is 3.03. The number of carbonyl (C=O) groups excluding carboxylic acids is 1. The van der Waals surface area contributed by atoms with Crippen molar-refractivity contribution in [1.82, 2.24) is 9.88 Å². The fourth-order valence-electron chi connectivity index (χ4n) is 2.05. The van der Waals surface area contributed by atoms with Crippen LogP contribution in [-0.2, 0) is 4.74 Å². The van der Waals surface area contributed by atoms with E-state index < -0.39 is 4.92 Å². The Hall–Kier alpha value is -2.38. The van der Waals surface area contributed by atoms with Crippen LogP contribution in [0.1, 0.15) is 0 Å². The summed E-state index contributed by atoms with van der Waals surface area (Å²) in [6, 6.07) is 1.62. The molecule has 0 aliphatic carbocycles. The van der Waals surface area contributed by atoms with Gasteiger partial charge in [-0.15, -0.1) is 0 Å². The summed E-state index contributed by atoms with van der Waals surface area (Å²) in [5.74, 6) is 0. The van der Waals surface area contributed by atoms with Crippen LogP contribution < -0.4 is 4.90 Å². The fraction of sp³-hybridized carbons (Fsp3) is 0.455. The Morgan fingerprint density at radius 2 is 2.11 bits per heavy atom. The van der Waals surface area contributed by atoms with Crippen molar-refractivity contribution >= 4 is 17.5 Å². The average molecular weight is 266 g/mol. The highest BCUT2D eigenvalue weighted by molar-refractivity contribution is 5.68. The van der Waals surface area contributed by atoms with Crippen LogP contribution in [0.4, 0.5) is 16.2 Å². The fourth-order valence-corrected chi connectivity index (χ4v) is 2.05. The third-order valence-corrected chi connectivity index (χ3v) is 3.03. The number of piperazine rings is 1. The predicted molar refractivity (Wildman–Crippen MR) is 67.1 cm³/mol. The molecule has 1 fully saturated rings. The summed E-state index contributed by atoms with van der Waals surface area (Å²) in [7, 11) is 1.34. The van der Waals surface area contributed by atoms with Crippen LogP contribution in [0.15, 0.2) is 18.5 Å². The van der Waals surface area contributed by atoms with Crippen molar-refractivity contribution in [2.24, 2.45) is 0 Å². The smallest absolute Gasteiger partial charge is 0.409 e. The molecule has 1 amide bonds. The molecule has 0 unspecified atom stereocenters. The Morgan fingerprint density at radius 3 is 2.68 bits per heavy atom. The molecule has 2 heterocycles. The van der Waals surface area contributed by atoms with Crippen molar-refractivity contribution in [2.75, 3.05) is 38.2 Å². The molecule has 0 N–H and O–H groups in total. The first-order valence-electron chi connectivity index (χ1n) is 5.79. The van der Waals surface area contributed by atoms with Gasteiger partial charge in [-0.25, -0.2) is 4.79 Å². The molecule has 0 atom stereocenters. The number of carbonyl (C=O) groups is 1. The molecule has 1 aromatic rings. The van der Waals surface area contributed by atoms with E-state index in [1.807, 2.05) is 4.90 Å². The topological polar surface area (TPSA) is 88.8 Å². The van der Waals surface area contributed by atoms with E-state index in [4.69, 9.17) is 0 Å². The van der Waals surface area contributed by atoms with Gasteiger partial charge >= 0.3 is 11.8 Å². The third kappa shape index (κ3) is 2.72. The summed E-state index contributed by atoms with van der Waals surface area (Å²) < 4.78 is 4.64. The van der Waals surface area contributed by atoms with E-state index in [9.17, 15) is 14.9 Å². The zero-order chi connectivity index (χ0) is 13.8. The molecule has 1 aliphatic heterocycles. The second kappa shape index (κ2) is 5.51. The van der Waals surface area contributed by atoms with Crippen LogP contribution in [0, 0.1) is 10.1 Å².